The van der Waals surface area contributed by atoms with Gasteiger partial charge >= 0.3 is 5.97 Å². The zero-order valence-electron chi connectivity index (χ0n) is 14.3. The van der Waals surface area contributed by atoms with Crippen molar-refractivity contribution >= 4 is 17.3 Å². The largest absolute Gasteiger partial charge is 0.497 e. The number of aromatic nitrogens is 1. The lowest BCUT2D eigenvalue weighted by Gasteiger charge is -2.11. The third kappa shape index (κ3) is 4.47. The van der Waals surface area contributed by atoms with Crippen molar-refractivity contribution in [3.05, 3.63) is 28.8 Å². The number of ether oxygens (including phenoxy) is 2. The van der Waals surface area contributed by atoms with E-state index in [1.54, 1.807) is 14.0 Å². The molecule has 0 spiro atoms. The molecule has 0 radical (unpaired) electrons. The number of benzene rings is 1. The first-order valence-electron chi connectivity index (χ1n) is 8.08. The minimum Gasteiger partial charge on any atom is -0.497 e. The zero-order chi connectivity index (χ0) is 17.5. The number of hydrogen-bond acceptors (Lipinski definition) is 5. The summed E-state index contributed by atoms with van der Waals surface area (Å²) in [6.07, 6.45) is 4.50. The Hall–Kier alpha value is -2.08. The van der Waals surface area contributed by atoms with Crippen LogP contribution in [0, 0.1) is 6.92 Å². The molecule has 0 amide bonds. The van der Waals surface area contributed by atoms with Gasteiger partial charge in [-0.3, -0.25) is 0 Å². The van der Waals surface area contributed by atoms with Gasteiger partial charge in [-0.15, -0.1) is 11.3 Å². The Morgan fingerprint density at radius 3 is 2.71 bits per heavy atom. The lowest BCUT2D eigenvalue weighted by molar-refractivity contribution is 0.0701. The normalized spacial score (nSPS) is 10.6. The predicted molar refractivity (Wildman–Crippen MR) is 95.4 cm³/mol. The fourth-order valence-electron chi connectivity index (χ4n) is 2.35. The number of carboxylic acid groups (broad SMARTS) is 1. The van der Waals surface area contributed by atoms with E-state index < -0.39 is 5.97 Å². The van der Waals surface area contributed by atoms with Gasteiger partial charge in [0.15, 0.2) is 0 Å². The van der Waals surface area contributed by atoms with Crippen molar-refractivity contribution in [2.24, 2.45) is 0 Å². The smallest absolute Gasteiger partial charge is 0.347 e. The second kappa shape index (κ2) is 8.68. The lowest BCUT2D eigenvalue weighted by atomic mass is 10.2. The highest BCUT2D eigenvalue weighted by molar-refractivity contribution is 7.17. The Labute approximate surface area is 146 Å². The van der Waals surface area contributed by atoms with Crippen LogP contribution < -0.4 is 9.47 Å². The van der Waals surface area contributed by atoms with Gasteiger partial charge in [0.2, 0.25) is 0 Å². The standard InChI is InChI=1S/C18H23NO4S/c1-4-5-6-7-10-23-15-11-13(22-3)8-9-14(15)17-19-12(2)16(24-17)18(20)21/h8-9,11H,4-7,10H2,1-3H3,(H,20,21). The average Bonchev–Trinajstić information content (AvgIpc) is 2.96. The van der Waals surface area contributed by atoms with E-state index in [4.69, 9.17) is 9.47 Å². The Kier molecular flexibility index (Phi) is 6.61. The molecule has 130 valence electrons. The highest BCUT2D eigenvalue weighted by Crippen LogP contribution is 2.37. The number of carboxylic acids is 1. The van der Waals surface area contributed by atoms with Crippen molar-refractivity contribution in [2.45, 2.75) is 39.5 Å². The zero-order valence-corrected chi connectivity index (χ0v) is 15.1. The summed E-state index contributed by atoms with van der Waals surface area (Å²) >= 11 is 1.16. The number of methoxy groups -OCH3 is 1. The van der Waals surface area contributed by atoms with Crippen LogP contribution in [0.4, 0.5) is 0 Å². The van der Waals surface area contributed by atoms with E-state index in [9.17, 15) is 9.90 Å². The molecule has 0 aliphatic rings. The van der Waals surface area contributed by atoms with Crippen molar-refractivity contribution in [1.29, 1.82) is 0 Å². The Morgan fingerprint density at radius 2 is 2.08 bits per heavy atom. The van der Waals surface area contributed by atoms with Crippen LogP contribution >= 0.6 is 11.3 Å². The molecular formula is C18H23NO4S. The molecule has 6 heteroatoms. The summed E-state index contributed by atoms with van der Waals surface area (Å²) in [7, 11) is 1.61. The number of nitrogens with zero attached hydrogens (tertiary/aromatic N) is 1. The molecule has 0 aliphatic carbocycles. The van der Waals surface area contributed by atoms with Crippen molar-refractivity contribution < 1.29 is 19.4 Å². The molecule has 0 bridgehead atoms. The van der Waals surface area contributed by atoms with E-state index >= 15 is 0 Å². The SMILES string of the molecule is CCCCCCOc1cc(OC)ccc1-c1nc(C)c(C(=O)O)s1. The molecule has 1 heterocycles. The van der Waals surface area contributed by atoms with Gasteiger partial charge in [-0.2, -0.15) is 0 Å². The molecule has 0 atom stereocenters. The molecule has 0 aliphatic heterocycles. The van der Waals surface area contributed by atoms with Crippen LogP contribution in [0.5, 0.6) is 11.5 Å². The molecule has 1 aromatic carbocycles. The molecule has 0 fully saturated rings. The summed E-state index contributed by atoms with van der Waals surface area (Å²) in [6.45, 7) is 4.50. The van der Waals surface area contributed by atoms with E-state index in [2.05, 4.69) is 11.9 Å². The van der Waals surface area contributed by atoms with Crippen LogP contribution in [0.2, 0.25) is 0 Å². The van der Waals surface area contributed by atoms with Crippen LogP contribution in [-0.2, 0) is 0 Å². The van der Waals surface area contributed by atoms with Crippen molar-refractivity contribution in [3.63, 3.8) is 0 Å². The van der Waals surface area contributed by atoms with Crippen LogP contribution in [-0.4, -0.2) is 29.8 Å². The number of hydrogen-bond donors (Lipinski definition) is 1. The fraction of sp³-hybridized carbons (Fsp3) is 0.444. The van der Waals surface area contributed by atoms with Gasteiger partial charge in [0, 0.05) is 6.07 Å². The highest BCUT2D eigenvalue weighted by atomic mass is 32.1. The molecular weight excluding hydrogens is 326 g/mol. The summed E-state index contributed by atoms with van der Waals surface area (Å²) in [5.74, 6) is 0.428. The van der Waals surface area contributed by atoms with Gasteiger partial charge in [0.25, 0.3) is 0 Å². The molecule has 24 heavy (non-hydrogen) atoms. The fourth-order valence-corrected chi connectivity index (χ4v) is 3.28. The minimum absolute atomic E-state index is 0.259. The van der Waals surface area contributed by atoms with Gasteiger partial charge in [0.05, 0.1) is 25.0 Å². The second-order valence-electron chi connectivity index (χ2n) is 5.51. The summed E-state index contributed by atoms with van der Waals surface area (Å²) in [5, 5.41) is 9.87. The van der Waals surface area contributed by atoms with Crippen molar-refractivity contribution in [3.8, 4) is 22.1 Å². The third-order valence-corrected chi connectivity index (χ3v) is 4.84. The van der Waals surface area contributed by atoms with E-state index in [1.807, 2.05) is 18.2 Å². The summed E-state index contributed by atoms with van der Waals surface area (Å²) < 4.78 is 11.2. The first-order valence-corrected chi connectivity index (χ1v) is 8.90. The Bertz CT molecular complexity index is 696. The number of carbonyl (C=O) groups is 1. The van der Waals surface area contributed by atoms with Gasteiger partial charge in [-0.05, 0) is 25.5 Å². The molecule has 2 rings (SSSR count). The van der Waals surface area contributed by atoms with Crippen LogP contribution in [0.15, 0.2) is 18.2 Å². The van der Waals surface area contributed by atoms with Crippen LogP contribution in [0.3, 0.4) is 0 Å². The minimum atomic E-state index is -0.952. The first-order chi connectivity index (χ1) is 11.6. The van der Waals surface area contributed by atoms with E-state index in [0.717, 1.165) is 29.7 Å². The van der Waals surface area contributed by atoms with E-state index in [1.165, 1.54) is 12.8 Å². The Morgan fingerprint density at radius 1 is 1.29 bits per heavy atom. The van der Waals surface area contributed by atoms with Gasteiger partial charge in [-0.25, -0.2) is 9.78 Å². The number of rotatable bonds is 9. The molecule has 2 aromatic rings. The molecule has 0 unspecified atom stereocenters. The lowest BCUT2D eigenvalue weighted by Crippen LogP contribution is -1.99. The molecule has 1 aromatic heterocycles. The molecule has 1 N–H and O–H groups in total. The molecule has 0 saturated heterocycles. The first kappa shape index (κ1) is 18.3. The summed E-state index contributed by atoms with van der Waals surface area (Å²) in [4.78, 5) is 15.9. The monoisotopic (exact) mass is 349 g/mol. The van der Waals surface area contributed by atoms with Gasteiger partial charge in [0.1, 0.15) is 21.4 Å². The maximum Gasteiger partial charge on any atom is 0.347 e. The van der Waals surface area contributed by atoms with E-state index in [0.29, 0.717) is 28.8 Å². The topological polar surface area (TPSA) is 68.7 Å². The molecule has 0 saturated carbocycles. The van der Waals surface area contributed by atoms with Crippen LogP contribution in [0.1, 0.15) is 48.0 Å². The number of aryl methyl sites for hydroxylation is 1. The average molecular weight is 349 g/mol. The number of thiazole rings is 1. The Balaban J connectivity index is 2.25. The third-order valence-electron chi connectivity index (χ3n) is 3.67. The predicted octanol–water partition coefficient (Wildman–Crippen LogP) is 4.78. The molecule has 5 nitrogen and oxygen atoms in total. The number of aromatic carboxylic acids is 1. The van der Waals surface area contributed by atoms with Gasteiger partial charge in [-0.1, -0.05) is 26.2 Å². The quantitative estimate of drug-likeness (QED) is 0.660. The van der Waals surface area contributed by atoms with Crippen molar-refractivity contribution in [2.75, 3.05) is 13.7 Å². The maximum absolute atomic E-state index is 11.2. The van der Waals surface area contributed by atoms with Gasteiger partial charge < -0.3 is 14.6 Å². The van der Waals surface area contributed by atoms with Crippen LogP contribution in [0.25, 0.3) is 10.6 Å². The van der Waals surface area contributed by atoms with E-state index in [-0.39, 0.29) is 4.88 Å². The number of unbranched alkanes of at least 4 members (excludes halogenated alkanes) is 3. The summed E-state index contributed by atoms with van der Waals surface area (Å²) in [6, 6.07) is 5.52. The van der Waals surface area contributed by atoms with Crippen molar-refractivity contribution in [1.82, 2.24) is 4.98 Å². The summed E-state index contributed by atoms with van der Waals surface area (Å²) in [5.41, 5.74) is 1.32. The highest BCUT2D eigenvalue weighted by Gasteiger charge is 2.18. The maximum atomic E-state index is 11.2. The second-order valence-corrected chi connectivity index (χ2v) is 6.51.